The van der Waals surface area contributed by atoms with E-state index in [9.17, 15) is 0 Å². The Balaban J connectivity index is 1.86. The Kier molecular flexibility index (Phi) is 2.39. The monoisotopic (exact) mass is 167 g/mol. The van der Waals surface area contributed by atoms with Gasteiger partial charge in [0, 0.05) is 30.9 Å². The van der Waals surface area contributed by atoms with Gasteiger partial charge < -0.3 is 15.0 Å². The fourth-order valence-electron chi connectivity index (χ4n) is 1.41. The Labute approximate surface area is 71.3 Å². The summed E-state index contributed by atoms with van der Waals surface area (Å²) in [5, 5.41) is 3.38. The number of aromatic amines is 1. The summed E-state index contributed by atoms with van der Waals surface area (Å²) in [7, 11) is 0. The van der Waals surface area contributed by atoms with Crippen molar-refractivity contribution >= 4 is 0 Å². The highest BCUT2D eigenvalue weighted by molar-refractivity contribution is 4.97. The van der Waals surface area contributed by atoms with Crippen LogP contribution in [0.1, 0.15) is 5.69 Å². The first kappa shape index (κ1) is 7.76. The van der Waals surface area contributed by atoms with Crippen molar-refractivity contribution in [1.82, 2.24) is 15.3 Å². The molecule has 0 spiro atoms. The molecule has 0 aliphatic carbocycles. The highest BCUT2D eigenvalue weighted by Gasteiger charge is 2.13. The maximum atomic E-state index is 5.33. The third kappa shape index (κ3) is 1.84. The lowest BCUT2D eigenvalue weighted by Crippen LogP contribution is -2.42. The summed E-state index contributed by atoms with van der Waals surface area (Å²) in [5.41, 5.74) is 1.16. The van der Waals surface area contributed by atoms with E-state index in [0.717, 1.165) is 31.9 Å². The largest absolute Gasteiger partial charge is 0.379 e. The van der Waals surface area contributed by atoms with Gasteiger partial charge in [-0.3, -0.25) is 0 Å². The second kappa shape index (κ2) is 3.69. The Bertz CT molecular complexity index is 216. The molecular weight excluding hydrogens is 154 g/mol. The second-order valence-electron chi connectivity index (χ2n) is 3.01. The third-order valence-electron chi connectivity index (χ3n) is 2.02. The number of hydrogen-bond donors (Lipinski definition) is 2. The molecule has 2 heterocycles. The summed E-state index contributed by atoms with van der Waals surface area (Å²) < 4.78 is 5.33. The van der Waals surface area contributed by atoms with Gasteiger partial charge in [-0.25, -0.2) is 4.98 Å². The topological polar surface area (TPSA) is 49.9 Å². The normalized spacial score (nSPS) is 24.2. The second-order valence-corrected chi connectivity index (χ2v) is 3.01. The predicted octanol–water partition coefficient (Wildman–Crippen LogP) is -0.0594. The molecular formula is C8H13N3O. The summed E-state index contributed by atoms with van der Waals surface area (Å²) >= 11 is 0. The van der Waals surface area contributed by atoms with Crippen LogP contribution in [-0.2, 0) is 11.2 Å². The van der Waals surface area contributed by atoms with E-state index in [1.807, 2.05) is 6.20 Å². The zero-order chi connectivity index (χ0) is 8.23. The van der Waals surface area contributed by atoms with Crippen LogP contribution in [0.2, 0.25) is 0 Å². The molecule has 12 heavy (non-hydrogen) atoms. The maximum absolute atomic E-state index is 5.33. The van der Waals surface area contributed by atoms with E-state index >= 15 is 0 Å². The number of aromatic nitrogens is 2. The van der Waals surface area contributed by atoms with Crippen molar-refractivity contribution in [3.63, 3.8) is 0 Å². The van der Waals surface area contributed by atoms with Crippen molar-refractivity contribution in [3.8, 4) is 0 Å². The average Bonchev–Trinajstić information content (AvgIpc) is 2.59. The highest BCUT2D eigenvalue weighted by atomic mass is 16.5. The van der Waals surface area contributed by atoms with Crippen LogP contribution in [0.5, 0.6) is 0 Å². The molecule has 2 N–H and O–H groups in total. The van der Waals surface area contributed by atoms with E-state index in [2.05, 4.69) is 15.3 Å². The van der Waals surface area contributed by atoms with Gasteiger partial charge in [-0.05, 0) is 0 Å². The predicted molar refractivity (Wildman–Crippen MR) is 44.9 cm³/mol. The lowest BCUT2D eigenvalue weighted by molar-refractivity contribution is 0.0767. The van der Waals surface area contributed by atoms with Gasteiger partial charge in [0.2, 0.25) is 0 Å². The molecule has 0 aromatic carbocycles. The molecule has 1 aromatic heterocycles. The van der Waals surface area contributed by atoms with Crippen LogP contribution in [0.4, 0.5) is 0 Å². The molecule has 1 aromatic rings. The smallest absolute Gasteiger partial charge is 0.0921 e. The fourth-order valence-corrected chi connectivity index (χ4v) is 1.41. The number of nitrogens with zero attached hydrogens (tertiary/aromatic N) is 1. The van der Waals surface area contributed by atoms with E-state index in [1.165, 1.54) is 0 Å². The van der Waals surface area contributed by atoms with Crippen molar-refractivity contribution in [2.45, 2.75) is 12.5 Å². The zero-order valence-electron chi connectivity index (χ0n) is 6.92. The third-order valence-corrected chi connectivity index (χ3v) is 2.02. The van der Waals surface area contributed by atoms with E-state index in [0.29, 0.717) is 6.04 Å². The van der Waals surface area contributed by atoms with Crippen molar-refractivity contribution < 1.29 is 4.74 Å². The van der Waals surface area contributed by atoms with Crippen molar-refractivity contribution in [2.24, 2.45) is 0 Å². The van der Waals surface area contributed by atoms with Gasteiger partial charge in [-0.1, -0.05) is 0 Å². The van der Waals surface area contributed by atoms with Gasteiger partial charge in [0.05, 0.1) is 19.5 Å². The van der Waals surface area contributed by atoms with E-state index in [-0.39, 0.29) is 0 Å². The van der Waals surface area contributed by atoms with Gasteiger partial charge in [0.25, 0.3) is 0 Å². The Morgan fingerprint density at radius 1 is 1.67 bits per heavy atom. The summed E-state index contributed by atoms with van der Waals surface area (Å²) in [6, 6.07) is 0.444. The lowest BCUT2D eigenvalue weighted by Gasteiger charge is -2.22. The van der Waals surface area contributed by atoms with Crippen LogP contribution >= 0.6 is 0 Å². The molecule has 4 nitrogen and oxygen atoms in total. The molecule has 1 aliphatic heterocycles. The number of ether oxygens (including phenoxy) is 1. The summed E-state index contributed by atoms with van der Waals surface area (Å²) in [6.45, 7) is 2.59. The molecule has 0 radical (unpaired) electrons. The van der Waals surface area contributed by atoms with Crippen LogP contribution in [0.15, 0.2) is 12.5 Å². The van der Waals surface area contributed by atoms with Crippen molar-refractivity contribution in [1.29, 1.82) is 0 Å². The van der Waals surface area contributed by atoms with Crippen molar-refractivity contribution in [3.05, 3.63) is 18.2 Å². The quantitative estimate of drug-likeness (QED) is 0.649. The van der Waals surface area contributed by atoms with Gasteiger partial charge in [0.15, 0.2) is 0 Å². The first-order chi connectivity index (χ1) is 5.95. The Morgan fingerprint density at radius 3 is 3.33 bits per heavy atom. The highest BCUT2D eigenvalue weighted by Crippen LogP contribution is 2.01. The van der Waals surface area contributed by atoms with E-state index < -0.39 is 0 Å². The molecule has 0 amide bonds. The molecule has 66 valence electrons. The SMILES string of the molecule is c1ncc(C[C@@H]2COCCN2)[nH]1. The minimum Gasteiger partial charge on any atom is -0.379 e. The van der Waals surface area contributed by atoms with Gasteiger partial charge in [0.1, 0.15) is 0 Å². The average molecular weight is 167 g/mol. The molecule has 1 aliphatic rings. The number of H-pyrrole nitrogens is 1. The molecule has 1 atom stereocenters. The van der Waals surface area contributed by atoms with Crippen LogP contribution in [-0.4, -0.2) is 35.8 Å². The lowest BCUT2D eigenvalue weighted by atomic mass is 10.1. The number of morpholine rings is 1. The zero-order valence-corrected chi connectivity index (χ0v) is 6.92. The van der Waals surface area contributed by atoms with Crippen LogP contribution < -0.4 is 5.32 Å². The first-order valence-corrected chi connectivity index (χ1v) is 4.23. The molecule has 1 saturated heterocycles. The molecule has 0 unspecified atom stereocenters. The van der Waals surface area contributed by atoms with E-state index in [4.69, 9.17) is 4.74 Å². The summed E-state index contributed by atoms with van der Waals surface area (Å²) in [5.74, 6) is 0. The number of rotatable bonds is 2. The number of nitrogens with one attached hydrogen (secondary N) is 2. The van der Waals surface area contributed by atoms with Gasteiger partial charge in [-0.15, -0.1) is 0 Å². The Hall–Kier alpha value is -0.870. The summed E-state index contributed by atoms with van der Waals surface area (Å²) in [4.78, 5) is 7.04. The molecule has 1 fully saturated rings. The maximum Gasteiger partial charge on any atom is 0.0921 e. The minimum atomic E-state index is 0.444. The standard InChI is InChI=1S/C8H13N3O/c1-2-12-5-8(10-1)3-7-4-9-6-11-7/h4,6,8,10H,1-3,5H2,(H,9,11)/t8-/m1/s1. The molecule has 0 saturated carbocycles. The van der Waals surface area contributed by atoms with Crippen LogP contribution in [0, 0.1) is 0 Å². The summed E-state index contributed by atoms with van der Waals surface area (Å²) in [6.07, 6.45) is 4.54. The van der Waals surface area contributed by atoms with Gasteiger partial charge in [-0.2, -0.15) is 0 Å². The van der Waals surface area contributed by atoms with Crippen LogP contribution in [0.3, 0.4) is 0 Å². The Morgan fingerprint density at radius 2 is 2.67 bits per heavy atom. The molecule has 4 heteroatoms. The first-order valence-electron chi connectivity index (χ1n) is 4.23. The minimum absolute atomic E-state index is 0.444. The molecule has 2 rings (SSSR count). The molecule has 0 bridgehead atoms. The van der Waals surface area contributed by atoms with Crippen molar-refractivity contribution in [2.75, 3.05) is 19.8 Å². The number of hydrogen-bond acceptors (Lipinski definition) is 3. The van der Waals surface area contributed by atoms with Crippen LogP contribution in [0.25, 0.3) is 0 Å². The van der Waals surface area contributed by atoms with Gasteiger partial charge >= 0.3 is 0 Å². The fraction of sp³-hybridized carbons (Fsp3) is 0.625. The number of imidazole rings is 1. The van der Waals surface area contributed by atoms with E-state index in [1.54, 1.807) is 6.33 Å².